The third kappa shape index (κ3) is 4.85. The van der Waals surface area contributed by atoms with Crippen LogP contribution >= 0.6 is 0 Å². The zero-order valence-corrected chi connectivity index (χ0v) is 17.8. The van der Waals surface area contributed by atoms with Crippen molar-refractivity contribution in [2.24, 2.45) is 0 Å². The van der Waals surface area contributed by atoms with Gasteiger partial charge in [-0.2, -0.15) is 4.31 Å². The Bertz CT molecular complexity index is 965. The Labute approximate surface area is 172 Å². The van der Waals surface area contributed by atoms with E-state index in [1.54, 1.807) is 0 Å². The minimum absolute atomic E-state index is 0.00336. The second-order valence-electron chi connectivity index (χ2n) is 8.39. The third-order valence-corrected chi connectivity index (χ3v) is 7.14. The summed E-state index contributed by atoms with van der Waals surface area (Å²) in [6.07, 6.45) is 1.08. The lowest BCUT2D eigenvalue weighted by Crippen LogP contribution is -2.45. The van der Waals surface area contributed by atoms with Crippen LogP contribution in [0.3, 0.4) is 0 Å². The highest BCUT2D eigenvalue weighted by molar-refractivity contribution is 7.89. The number of rotatable bonds is 5. The number of nitrogens with zero attached hydrogens (tertiary/aromatic N) is 1. The highest BCUT2D eigenvalue weighted by Crippen LogP contribution is 2.27. The second kappa shape index (κ2) is 8.24. The predicted molar refractivity (Wildman–Crippen MR) is 110 cm³/mol. The summed E-state index contributed by atoms with van der Waals surface area (Å²) in [5.41, 5.74) is 2.22. The highest BCUT2D eigenvalue weighted by atomic mass is 32.2. The summed E-state index contributed by atoms with van der Waals surface area (Å²) in [7, 11) is -3.85. The molecule has 0 saturated carbocycles. The Balaban J connectivity index is 1.68. The zero-order valence-electron chi connectivity index (χ0n) is 17.0. The van der Waals surface area contributed by atoms with Gasteiger partial charge in [0, 0.05) is 13.1 Å². The molecule has 0 radical (unpaired) electrons. The smallest absolute Gasteiger partial charge is 0.243 e. The van der Waals surface area contributed by atoms with Gasteiger partial charge in [-0.1, -0.05) is 45.0 Å². The van der Waals surface area contributed by atoms with E-state index >= 15 is 0 Å². The van der Waals surface area contributed by atoms with Crippen molar-refractivity contribution < 1.29 is 17.6 Å². The lowest BCUT2D eigenvalue weighted by Gasteiger charge is -2.23. The molecule has 1 atom stereocenters. The predicted octanol–water partition coefficient (Wildman–Crippen LogP) is 3.59. The van der Waals surface area contributed by atoms with Gasteiger partial charge in [0.25, 0.3) is 0 Å². The number of amides is 1. The Morgan fingerprint density at radius 2 is 1.72 bits per heavy atom. The minimum atomic E-state index is -3.85. The molecule has 2 aromatic carbocycles. The summed E-state index contributed by atoms with van der Waals surface area (Å²) in [6, 6.07) is 12.0. The van der Waals surface area contributed by atoms with Crippen LogP contribution in [0.1, 0.15) is 44.7 Å². The van der Waals surface area contributed by atoms with Gasteiger partial charge >= 0.3 is 0 Å². The van der Waals surface area contributed by atoms with Crippen LogP contribution in [0.25, 0.3) is 0 Å². The number of sulfonamides is 1. The fraction of sp³-hybridized carbons (Fsp3) is 0.409. The van der Waals surface area contributed by atoms with Gasteiger partial charge in [0.1, 0.15) is 11.9 Å². The maximum absolute atomic E-state index is 13.1. The van der Waals surface area contributed by atoms with E-state index in [-0.39, 0.29) is 22.8 Å². The molecule has 0 unspecified atom stereocenters. The molecule has 1 amide bonds. The number of benzene rings is 2. The molecule has 0 spiro atoms. The van der Waals surface area contributed by atoms with Crippen LogP contribution in [-0.4, -0.2) is 31.2 Å². The summed E-state index contributed by atoms with van der Waals surface area (Å²) in [6.45, 7) is 7.03. The van der Waals surface area contributed by atoms with E-state index in [9.17, 15) is 17.6 Å². The average Bonchev–Trinajstić information content (AvgIpc) is 3.17. The largest absolute Gasteiger partial charge is 0.351 e. The van der Waals surface area contributed by atoms with Gasteiger partial charge in [-0.25, -0.2) is 12.8 Å². The van der Waals surface area contributed by atoms with Crippen molar-refractivity contribution in [3.8, 4) is 0 Å². The first kappa shape index (κ1) is 21.5. The van der Waals surface area contributed by atoms with E-state index in [4.69, 9.17) is 0 Å². The number of hydrogen-bond acceptors (Lipinski definition) is 3. The summed E-state index contributed by atoms with van der Waals surface area (Å²) >= 11 is 0. The van der Waals surface area contributed by atoms with Crippen LogP contribution in [0.5, 0.6) is 0 Å². The van der Waals surface area contributed by atoms with Gasteiger partial charge < -0.3 is 5.32 Å². The molecule has 2 aromatic rings. The van der Waals surface area contributed by atoms with E-state index in [1.165, 1.54) is 22.0 Å². The quantitative estimate of drug-likeness (QED) is 0.807. The number of halogens is 1. The van der Waals surface area contributed by atoms with Gasteiger partial charge in [-0.3, -0.25) is 4.79 Å². The van der Waals surface area contributed by atoms with E-state index in [2.05, 4.69) is 26.1 Å². The number of carbonyl (C=O) groups excluding carboxylic acids is 1. The molecule has 29 heavy (non-hydrogen) atoms. The molecule has 1 N–H and O–H groups in total. The Kier molecular flexibility index (Phi) is 6.10. The number of hydrogen-bond donors (Lipinski definition) is 1. The first-order chi connectivity index (χ1) is 13.6. The molecule has 0 aromatic heterocycles. The monoisotopic (exact) mass is 418 g/mol. The van der Waals surface area contributed by atoms with Crippen LogP contribution < -0.4 is 5.32 Å². The van der Waals surface area contributed by atoms with Gasteiger partial charge in [-0.15, -0.1) is 0 Å². The second-order valence-corrected chi connectivity index (χ2v) is 10.3. The Morgan fingerprint density at radius 1 is 1.10 bits per heavy atom. The molecule has 0 aliphatic carbocycles. The number of nitrogens with one attached hydrogen (secondary N) is 1. The fourth-order valence-electron chi connectivity index (χ4n) is 3.46. The molecule has 1 fully saturated rings. The average molecular weight is 419 g/mol. The molecule has 0 bridgehead atoms. The molecule has 5 nitrogen and oxygen atoms in total. The van der Waals surface area contributed by atoms with E-state index in [1.807, 2.05) is 24.3 Å². The molecule has 1 saturated heterocycles. The van der Waals surface area contributed by atoms with Crippen LogP contribution in [-0.2, 0) is 26.8 Å². The zero-order chi connectivity index (χ0) is 21.2. The van der Waals surface area contributed by atoms with E-state index in [0.717, 1.165) is 17.7 Å². The maximum Gasteiger partial charge on any atom is 0.243 e. The van der Waals surface area contributed by atoms with Crippen LogP contribution in [0.15, 0.2) is 53.4 Å². The summed E-state index contributed by atoms with van der Waals surface area (Å²) < 4.78 is 40.1. The highest BCUT2D eigenvalue weighted by Gasteiger charge is 2.39. The first-order valence-electron chi connectivity index (χ1n) is 9.73. The van der Waals surface area contributed by atoms with Crippen LogP contribution in [0.4, 0.5) is 4.39 Å². The van der Waals surface area contributed by atoms with Crippen molar-refractivity contribution in [2.75, 3.05) is 6.54 Å². The van der Waals surface area contributed by atoms with Crippen LogP contribution in [0, 0.1) is 5.82 Å². The summed E-state index contributed by atoms with van der Waals surface area (Å²) in [4.78, 5) is 12.7. The molecular weight excluding hydrogens is 391 g/mol. The fourth-order valence-corrected chi connectivity index (χ4v) is 5.12. The maximum atomic E-state index is 13.1. The van der Waals surface area contributed by atoms with E-state index < -0.39 is 21.9 Å². The summed E-state index contributed by atoms with van der Waals surface area (Å²) in [5.74, 6) is -0.815. The molecular formula is C22H27FN2O3S. The lowest BCUT2D eigenvalue weighted by atomic mass is 9.87. The molecule has 156 valence electrons. The van der Waals surface area contributed by atoms with Gasteiger partial charge in [0.15, 0.2) is 0 Å². The molecule has 3 rings (SSSR count). The van der Waals surface area contributed by atoms with Crippen molar-refractivity contribution in [3.05, 3.63) is 65.5 Å². The van der Waals surface area contributed by atoms with Gasteiger partial charge in [-0.05, 0) is 53.6 Å². The van der Waals surface area contributed by atoms with Gasteiger partial charge in [0.2, 0.25) is 15.9 Å². The lowest BCUT2D eigenvalue weighted by molar-refractivity contribution is -0.124. The third-order valence-electron chi connectivity index (χ3n) is 5.21. The molecule has 1 heterocycles. The number of carbonyl (C=O) groups is 1. The molecule has 7 heteroatoms. The van der Waals surface area contributed by atoms with E-state index in [0.29, 0.717) is 19.4 Å². The normalized spacial score (nSPS) is 18.0. The molecule has 1 aliphatic heterocycles. The van der Waals surface area contributed by atoms with Crippen molar-refractivity contribution in [2.45, 2.75) is 56.5 Å². The topological polar surface area (TPSA) is 66.5 Å². The van der Waals surface area contributed by atoms with Crippen LogP contribution in [0.2, 0.25) is 0 Å². The van der Waals surface area contributed by atoms with Crippen molar-refractivity contribution in [1.29, 1.82) is 0 Å². The standard InChI is InChI=1S/C22H27FN2O3S/c1-22(2,3)17-8-6-16(7-9-17)15-24-21(26)20-5-4-14-25(20)29(27,28)19-12-10-18(23)11-13-19/h6-13,20H,4-5,14-15H2,1-3H3,(H,24,26)/t20-/m1/s1. The van der Waals surface area contributed by atoms with Crippen molar-refractivity contribution in [1.82, 2.24) is 9.62 Å². The SMILES string of the molecule is CC(C)(C)c1ccc(CNC(=O)[C@H]2CCCN2S(=O)(=O)c2ccc(F)cc2)cc1. The Hall–Kier alpha value is -2.25. The van der Waals surface area contributed by atoms with Gasteiger partial charge in [0.05, 0.1) is 4.90 Å². The van der Waals surface area contributed by atoms with Crippen molar-refractivity contribution in [3.63, 3.8) is 0 Å². The Morgan fingerprint density at radius 3 is 2.31 bits per heavy atom. The minimum Gasteiger partial charge on any atom is -0.351 e. The summed E-state index contributed by atoms with van der Waals surface area (Å²) in [5, 5.41) is 2.86. The molecule has 1 aliphatic rings. The first-order valence-corrected chi connectivity index (χ1v) is 11.2. The van der Waals surface area contributed by atoms with Crippen molar-refractivity contribution >= 4 is 15.9 Å².